The SMILES string of the molecule is O=C(O)N1CC=C(c2ccccc2F)C1. The second-order valence-electron chi connectivity index (χ2n) is 3.37. The van der Waals surface area contributed by atoms with E-state index in [1.807, 2.05) is 0 Å². The van der Waals surface area contributed by atoms with E-state index < -0.39 is 6.09 Å². The summed E-state index contributed by atoms with van der Waals surface area (Å²) in [5, 5.41) is 8.75. The van der Waals surface area contributed by atoms with E-state index in [-0.39, 0.29) is 12.4 Å². The van der Waals surface area contributed by atoms with Gasteiger partial charge in [0.1, 0.15) is 5.82 Å². The van der Waals surface area contributed by atoms with E-state index in [4.69, 9.17) is 5.11 Å². The maximum absolute atomic E-state index is 13.4. The molecular weight excluding hydrogens is 197 g/mol. The van der Waals surface area contributed by atoms with Gasteiger partial charge in [-0.05, 0) is 11.6 Å². The predicted octanol–water partition coefficient (Wildman–Crippen LogP) is 2.20. The Morgan fingerprint density at radius 3 is 2.73 bits per heavy atom. The Hall–Kier alpha value is -1.84. The monoisotopic (exact) mass is 207 g/mol. The Labute approximate surface area is 86.4 Å². The normalized spacial score (nSPS) is 15.3. The van der Waals surface area contributed by atoms with E-state index in [1.165, 1.54) is 11.0 Å². The molecule has 2 rings (SSSR count). The molecule has 1 aliphatic heterocycles. The molecule has 1 heterocycles. The van der Waals surface area contributed by atoms with Gasteiger partial charge in [-0.1, -0.05) is 24.3 Å². The minimum Gasteiger partial charge on any atom is -0.465 e. The first-order valence-electron chi connectivity index (χ1n) is 4.60. The van der Waals surface area contributed by atoms with Gasteiger partial charge in [0.15, 0.2) is 0 Å². The second kappa shape index (κ2) is 3.73. The summed E-state index contributed by atoms with van der Waals surface area (Å²) < 4.78 is 13.4. The highest BCUT2D eigenvalue weighted by atomic mass is 19.1. The largest absolute Gasteiger partial charge is 0.465 e. The van der Waals surface area contributed by atoms with Gasteiger partial charge in [-0.3, -0.25) is 0 Å². The van der Waals surface area contributed by atoms with Gasteiger partial charge in [-0.25, -0.2) is 9.18 Å². The number of rotatable bonds is 1. The number of benzene rings is 1. The van der Waals surface area contributed by atoms with Crippen LogP contribution in [0.15, 0.2) is 30.3 Å². The van der Waals surface area contributed by atoms with Gasteiger partial charge in [0.05, 0.1) is 0 Å². The second-order valence-corrected chi connectivity index (χ2v) is 3.37. The van der Waals surface area contributed by atoms with Crippen LogP contribution in [-0.4, -0.2) is 29.2 Å². The molecule has 0 saturated heterocycles. The molecule has 0 bridgehead atoms. The summed E-state index contributed by atoms with van der Waals surface area (Å²) in [4.78, 5) is 11.9. The maximum atomic E-state index is 13.4. The van der Waals surface area contributed by atoms with Crippen molar-refractivity contribution >= 4 is 11.7 Å². The van der Waals surface area contributed by atoms with Crippen molar-refractivity contribution in [3.8, 4) is 0 Å². The number of hydrogen-bond donors (Lipinski definition) is 1. The van der Waals surface area contributed by atoms with Crippen LogP contribution in [0.2, 0.25) is 0 Å². The molecule has 1 amide bonds. The standard InChI is InChI=1S/C11H10FNO2/c12-10-4-2-1-3-9(10)8-5-6-13(7-8)11(14)15/h1-5H,6-7H2,(H,14,15). The Balaban J connectivity index is 2.21. The van der Waals surface area contributed by atoms with Crippen molar-refractivity contribution in [1.82, 2.24) is 4.90 Å². The molecule has 15 heavy (non-hydrogen) atoms. The molecule has 0 fully saturated rings. The van der Waals surface area contributed by atoms with Crippen molar-refractivity contribution in [3.63, 3.8) is 0 Å². The number of carbonyl (C=O) groups is 1. The number of nitrogens with zero attached hydrogens (tertiary/aromatic N) is 1. The third kappa shape index (κ3) is 1.83. The summed E-state index contributed by atoms with van der Waals surface area (Å²) in [6.07, 6.45) is 0.768. The molecule has 0 radical (unpaired) electrons. The average molecular weight is 207 g/mol. The zero-order valence-corrected chi connectivity index (χ0v) is 7.98. The summed E-state index contributed by atoms with van der Waals surface area (Å²) in [6.45, 7) is 0.593. The topological polar surface area (TPSA) is 40.5 Å². The van der Waals surface area contributed by atoms with E-state index in [2.05, 4.69) is 0 Å². The minimum atomic E-state index is -0.974. The van der Waals surface area contributed by atoms with E-state index in [9.17, 15) is 9.18 Å². The third-order valence-electron chi connectivity index (χ3n) is 2.41. The predicted molar refractivity (Wildman–Crippen MR) is 54.0 cm³/mol. The zero-order chi connectivity index (χ0) is 10.8. The van der Waals surface area contributed by atoms with Crippen molar-refractivity contribution < 1.29 is 14.3 Å². The van der Waals surface area contributed by atoms with Gasteiger partial charge in [0.25, 0.3) is 0 Å². The summed E-state index contributed by atoms with van der Waals surface area (Å²) in [5.41, 5.74) is 1.22. The lowest BCUT2D eigenvalue weighted by Crippen LogP contribution is -2.26. The Morgan fingerprint density at radius 2 is 2.13 bits per heavy atom. The fourth-order valence-electron chi connectivity index (χ4n) is 1.62. The highest BCUT2D eigenvalue weighted by Gasteiger charge is 2.20. The summed E-state index contributed by atoms with van der Waals surface area (Å²) in [6, 6.07) is 6.39. The van der Waals surface area contributed by atoms with Crippen LogP contribution in [0.1, 0.15) is 5.56 Å². The molecule has 78 valence electrons. The van der Waals surface area contributed by atoms with Crippen molar-refractivity contribution in [1.29, 1.82) is 0 Å². The third-order valence-corrected chi connectivity index (χ3v) is 2.41. The fourth-order valence-corrected chi connectivity index (χ4v) is 1.62. The first-order valence-corrected chi connectivity index (χ1v) is 4.60. The van der Waals surface area contributed by atoms with E-state index in [0.29, 0.717) is 12.1 Å². The van der Waals surface area contributed by atoms with Crippen LogP contribution in [0.5, 0.6) is 0 Å². The minimum absolute atomic E-state index is 0.260. The highest BCUT2D eigenvalue weighted by Crippen LogP contribution is 2.23. The van der Waals surface area contributed by atoms with Crippen LogP contribution < -0.4 is 0 Å². The molecule has 0 aliphatic carbocycles. The summed E-state index contributed by atoms with van der Waals surface area (Å²) in [7, 11) is 0. The van der Waals surface area contributed by atoms with Crippen LogP contribution in [0, 0.1) is 5.82 Å². The number of halogens is 1. The molecule has 1 aromatic carbocycles. The first-order chi connectivity index (χ1) is 7.18. The van der Waals surface area contributed by atoms with Gasteiger partial charge >= 0.3 is 6.09 Å². The first kappa shape index (κ1) is 9.71. The lowest BCUT2D eigenvalue weighted by atomic mass is 10.1. The van der Waals surface area contributed by atoms with Crippen LogP contribution in [0.25, 0.3) is 5.57 Å². The smallest absolute Gasteiger partial charge is 0.407 e. The van der Waals surface area contributed by atoms with Gasteiger partial charge in [0, 0.05) is 18.7 Å². The number of hydrogen-bond acceptors (Lipinski definition) is 1. The van der Waals surface area contributed by atoms with Gasteiger partial charge in [0.2, 0.25) is 0 Å². The Morgan fingerprint density at radius 1 is 1.40 bits per heavy atom. The number of carboxylic acid groups (broad SMARTS) is 1. The van der Waals surface area contributed by atoms with E-state index in [1.54, 1.807) is 24.3 Å². The summed E-state index contributed by atoms with van der Waals surface area (Å²) >= 11 is 0. The van der Waals surface area contributed by atoms with Crippen LogP contribution in [-0.2, 0) is 0 Å². The van der Waals surface area contributed by atoms with Gasteiger partial charge < -0.3 is 10.0 Å². The molecule has 1 aliphatic rings. The zero-order valence-electron chi connectivity index (χ0n) is 7.98. The molecule has 1 N–H and O–H groups in total. The Kier molecular flexibility index (Phi) is 2.41. The molecule has 1 aromatic rings. The molecule has 0 aromatic heterocycles. The van der Waals surface area contributed by atoms with E-state index >= 15 is 0 Å². The van der Waals surface area contributed by atoms with Crippen LogP contribution >= 0.6 is 0 Å². The van der Waals surface area contributed by atoms with Crippen molar-refractivity contribution in [2.45, 2.75) is 0 Å². The van der Waals surface area contributed by atoms with E-state index in [0.717, 1.165) is 5.57 Å². The molecule has 3 nitrogen and oxygen atoms in total. The van der Waals surface area contributed by atoms with Crippen molar-refractivity contribution in [2.24, 2.45) is 0 Å². The lowest BCUT2D eigenvalue weighted by molar-refractivity contribution is 0.158. The molecule has 4 heteroatoms. The quantitative estimate of drug-likeness (QED) is 0.766. The van der Waals surface area contributed by atoms with Gasteiger partial charge in [-0.2, -0.15) is 0 Å². The average Bonchev–Trinajstić information content (AvgIpc) is 2.67. The highest BCUT2D eigenvalue weighted by molar-refractivity contribution is 5.76. The molecular formula is C11H10FNO2. The van der Waals surface area contributed by atoms with Crippen molar-refractivity contribution in [2.75, 3.05) is 13.1 Å². The lowest BCUT2D eigenvalue weighted by Gasteiger charge is -2.11. The van der Waals surface area contributed by atoms with Gasteiger partial charge in [-0.15, -0.1) is 0 Å². The maximum Gasteiger partial charge on any atom is 0.407 e. The Bertz CT molecular complexity index is 428. The molecule has 0 saturated carbocycles. The molecule has 0 unspecified atom stereocenters. The van der Waals surface area contributed by atoms with Crippen molar-refractivity contribution in [3.05, 3.63) is 41.7 Å². The molecule has 0 atom stereocenters. The van der Waals surface area contributed by atoms with Crippen LogP contribution in [0.3, 0.4) is 0 Å². The fraction of sp³-hybridized carbons (Fsp3) is 0.182. The number of amides is 1. The molecule has 0 spiro atoms. The van der Waals surface area contributed by atoms with Crippen LogP contribution in [0.4, 0.5) is 9.18 Å². The summed E-state index contributed by atoms with van der Waals surface area (Å²) in [5.74, 6) is -0.309.